The van der Waals surface area contributed by atoms with Crippen molar-refractivity contribution in [1.82, 2.24) is 19.6 Å². The molecule has 5 rings (SSSR count). The Labute approximate surface area is 161 Å². The van der Waals surface area contributed by atoms with E-state index in [1.165, 1.54) is 28.0 Å². The van der Waals surface area contributed by atoms with Crippen molar-refractivity contribution in [2.75, 3.05) is 0 Å². The van der Waals surface area contributed by atoms with Gasteiger partial charge in [-0.2, -0.15) is 9.50 Å². The van der Waals surface area contributed by atoms with Crippen molar-refractivity contribution in [3.05, 3.63) is 87.4 Å². The van der Waals surface area contributed by atoms with E-state index in [4.69, 9.17) is 4.42 Å². The van der Waals surface area contributed by atoms with Crippen LogP contribution in [0, 0.1) is 5.82 Å². The summed E-state index contributed by atoms with van der Waals surface area (Å²) >= 11 is 1.23. The lowest BCUT2D eigenvalue weighted by Crippen LogP contribution is -2.23. The molecule has 0 aliphatic rings. The molecule has 0 aliphatic heterocycles. The van der Waals surface area contributed by atoms with Gasteiger partial charge in [0.05, 0.1) is 0 Å². The van der Waals surface area contributed by atoms with E-state index >= 15 is 0 Å². The predicted octanol–water partition coefficient (Wildman–Crippen LogP) is 3.16. The van der Waals surface area contributed by atoms with Crippen molar-refractivity contribution in [3.8, 4) is 22.7 Å². The van der Waals surface area contributed by atoms with E-state index < -0.39 is 0 Å². The second kappa shape index (κ2) is 6.50. The average molecular weight is 390 g/mol. The molecule has 0 spiro atoms. The normalized spacial score (nSPS) is 12.1. The first-order chi connectivity index (χ1) is 13.7. The van der Waals surface area contributed by atoms with Crippen LogP contribution in [0.5, 0.6) is 0 Å². The lowest BCUT2D eigenvalue weighted by molar-refractivity contribution is 0.571. The molecule has 1 aromatic carbocycles. The van der Waals surface area contributed by atoms with Gasteiger partial charge in [0.25, 0.3) is 5.56 Å². The number of thiazole rings is 1. The quantitative estimate of drug-likeness (QED) is 0.473. The van der Waals surface area contributed by atoms with Crippen LogP contribution in [0.3, 0.4) is 0 Å². The highest BCUT2D eigenvalue weighted by Gasteiger charge is 2.12. The van der Waals surface area contributed by atoms with Crippen LogP contribution in [-0.4, -0.2) is 19.6 Å². The predicted molar refractivity (Wildman–Crippen MR) is 103 cm³/mol. The van der Waals surface area contributed by atoms with Crippen LogP contribution in [0.25, 0.3) is 33.7 Å². The second-order valence-corrected chi connectivity index (χ2v) is 7.01. The van der Waals surface area contributed by atoms with E-state index in [2.05, 4.69) is 15.1 Å². The van der Waals surface area contributed by atoms with Crippen molar-refractivity contribution in [2.24, 2.45) is 0 Å². The molecule has 0 aliphatic carbocycles. The average Bonchev–Trinajstić information content (AvgIpc) is 3.41. The summed E-state index contributed by atoms with van der Waals surface area (Å²) in [6.45, 7) is 0. The molecule has 4 heterocycles. The molecular formula is C20H11FN4O2S. The monoisotopic (exact) mass is 390 g/mol. The third kappa shape index (κ3) is 2.89. The van der Waals surface area contributed by atoms with Gasteiger partial charge in [-0.05, 0) is 48.5 Å². The minimum Gasteiger partial charge on any atom is -0.457 e. The Kier molecular flexibility index (Phi) is 3.84. The van der Waals surface area contributed by atoms with Crippen LogP contribution in [0.4, 0.5) is 4.39 Å². The number of aromatic nitrogens is 4. The molecular weight excluding hydrogens is 379 g/mol. The zero-order chi connectivity index (χ0) is 19.1. The fraction of sp³-hybridized carbons (Fsp3) is 0. The van der Waals surface area contributed by atoms with Gasteiger partial charge in [-0.3, -0.25) is 9.78 Å². The summed E-state index contributed by atoms with van der Waals surface area (Å²) in [5.74, 6) is 1.27. The molecule has 0 atom stereocenters. The summed E-state index contributed by atoms with van der Waals surface area (Å²) in [6, 6.07) is 13.2. The van der Waals surface area contributed by atoms with Gasteiger partial charge in [-0.25, -0.2) is 4.39 Å². The molecule has 6 nitrogen and oxygen atoms in total. The summed E-state index contributed by atoms with van der Waals surface area (Å²) in [6.07, 6.45) is 4.97. The van der Waals surface area contributed by atoms with Crippen molar-refractivity contribution >= 4 is 22.4 Å². The molecule has 0 bridgehead atoms. The van der Waals surface area contributed by atoms with E-state index in [0.717, 1.165) is 11.1 Å². The molecule has 0 N–H and O–H groups in total. The molecule has 0 unspecified atom stereocenters. The zero-order valence-electron chi connectivity index (χ0n) is 14.2. The van der Waals surface area contributed by atoms with Crippen molar-refractivity contribution < 1.29 is 8.81 Å². The molecule has 5 aromatic rings. The van der Waals surface area contributed by atoms with E-state index in [0.29, 0.717) is 26.8 Å². The van der Waals surface area contributed by atoms with Crippen LogP contribution < -0.4 is 10.1 Å². The van der Waals surface area contributed by atoms with E-state index in [1.54, 1.807) is 48.8 Å². The number of pyridine rings is 1. The highest BCUT2D eigenvalue weighted by molar-refractivity contribution is 7.15. The zero-order valence-corrected chi connectivity index (χ0v) is 15.1. The summed E-state index contributed by atoms with van der Waals surface area (Å²) in [5.41, 5.74) is 1.24. The maximum absolute atomic E-state index is 13.1. The first-order valence-electron chi connectivity index (χ1n) is 8.35. The Hall–Kier alpha value is -3.65. The Balaban J connectivity index is 1.52. The summed E-state index contributed by atoms with van der Waals surface area (Å²) < 4.78 is 20.6. The highest BCUT2D eigenvalue weighted by atomic mass is 32.1. The Morgan fingerprint density at radius 1 is 1.07 bits per heavy atom. The van der Waals surface area contributed by atoms with Crippen LogP contribution in [-0.2, 0) is 0 Å². The number of nitrogens with zero attached hydrogens (tertiary/aromatic N) is 4. The SMILES string of the molecule is O=c1/c(=C/c2ccc(-c3ccc(F)cc3)o2)sc2nc(-c3cccnc3)nn12. The molecule has 0 saturated carbocycles. The van der Waals surface area contributed by atoms with Gasteiger partial charge in [0.15, 0.2) is 5.82 Å². The maximum Gasteiger partial charge on any atom is 0.291 e. The van der Waals surface area contributed by atoms with Crippen LogP contribution in [0.2, 0.25) is 0 Å². The molecule has 4 aromatic heterocycles. The third-order valence-electron chi connectivity index (χ3n) is 4.13. The third-order valence-corrected chi connectivity index (χ3v) is 5.09. The van der Waals surface area contributed by atoms with Crippen molar-refractivity contribution in [3.63, 3.8) is 0 Å². The largest absolute Gasteiger partial charge is 0.457 e. The fourth-order valence-corrected chi connectivity index (χ4v) is 3.67. The Morgan fingerprint density at radius 3 is 2.68 bits per heavy atom. The van der Waals surface area contributed by atoms with Gasteiger partial charge in [-0.15, -0.1) is 5.10 Å². The van der Waals surface area contributed by atoms with Crippen molar-refractivity contribution in [2.45, 2.75) is 0 Å². The smallest absolute Gasteiger partial charge is 0.291 e. The molecule has 0 fully saturated rings. The van der Waals surface area contributed by atoms with Crippen molar-refractivity contribution in [1.29, 1.82) is 0 Å². The van der Waals surface area contributed by atoms with Crippen LogP contribution in [0.15, 0.2) is 70.1 Å². The van der Waals surface area contributed by atoms with Gasteiger partial charge in [0.2, 0.25) is 4.96 Å². The molecule has 0 amide bonds. The highest BCUT2D eigenvalue weighted by Crippen LogP contribution is 2.23. The van der Waals surface area contributed by atoms with E-state index in [-0.39, 0.29) is 11.4 Å². The molecule has 136 valence electrons. The standard InChI is InChI=1S/C20H11FN4O2S/c21-14-5-3-12(4-6-14)16-8-7-15(27-16)10-17-19(26)25-20(28-17)23-18(24-25)13-2-1-9-22-11-13/h1-11H/b17-10-. The van der Waals surface area contributed by atoms with Gasteiger partial charge in [0, 0.05) is 29.6 Å². The minimum absolute atomic E-state index is 0.262. The minimum atomic E-state index is -0.307. The first kappa shape index (κ1) is 16.5. The summed E-state index contributed by atoms with van der Waals surface area (Å²) in [7, 11) is 0. The summed E-state index contributed by atoms with van der Waals surface area (Å²) in [4.78, 5) is 21.6. The number of rotatable bonds is 3. The number of benzene rings is 1. The number of hydrogen-bond acceptors (Lipinski definition) is 6. The van der Waals surface area contributed by atoms with Gasteiger partial charge in [-0.1, -0.05) is 11.3 Å². The first-order valence-corrected chi connectivity index (χ1v) is 9.16. The molecule has 28 heavy (non-hydrogen) atoms. The number of hydrogen-bond donors (Lipinski definition) is 0. The number of halogens is 1. The molecule has 8 heteroatoms. The molecule has 0 saturated heterocycles. The lowest BCUT2D eigenvalue weighted by atomic mass is 10.2. The number of fused-ring (bicyclic) bond motifs is 1. The Bertz CT molecular complexity index is 1390. The van der Waals surface area contributed by atoms with E-state index in [9.17, 15) is 9.18 Å². The molecule has 0 radical (unpaired) electrons. The summed E-state index contributed by atoms with van der Waals surface area (Å²) in [5, 5.41) is 4.28. The van der Waals surface area contributed by atoms with Gasteiger partial charge in [0.1, 0.15) is 21.9 Å². The van der Waals surface area contributed by atoms with Gasteiger partial charge < -0.3 is 4.42 Å². The fourth-order valence-electron chi connectivity index (χ4n) is 2.78. The number of furan rings is 1. The lowest BCUT2D eigenvalue weighted by Gasteiger charge is -1.95. The van der Waals surface area contributed by atoms with Crippen LogP contribution in [0.1, 0.15) is 5.76 Å². The Morgan fingerprint density at radius 2 is 1.93 bits per heavy atom. The van der Waals surface area contributed by atoms with E-state index in [1.807, 2.05) is 6.07 Å². The maximum atomic E-state index is 13.1. The topological polar surface area (TPSA) is 73.3 Å². The van der Waals surface area contributed by atoms with Gasteiger partial charge >= 0.3 is 0 Å². The van der Waals surface area contributed by atoms with Crippen LogP contribution >= 0.6 is 11.3 Å². The second-order valence-electron chi connectivity index (χ2n) is 6.00.